The van der Waals surface area contributed by atoms with Crippen molar-refractivity contribution < 1.29 is 9.53 Å². The predicted octanol–water partition coefficient (Wildman–Crippen LogP) is 1.55. The largest absolute Gasteiger partial charge is 0.368 e. The van der Waals surface area contributed by atoms with E-state index in [1.165, 1.54) is 0 Å². The molecule has 2 aliphatic rings. The first kappa shape index (κ1) is 10.4. The molecule has 2 heterocycles. The molecule has 0 aromatic carbocycles. The molecule has 0 aromatic heterocycles. The lowest BCUT2D eigenvalue weighted by molar-refractivity contribution is -0.141. The highest BCUT2D eigenvalue weighted by atomic mass is 79.9. The van der Waals surface area contributed by atoms with Gasteiger partial charge in [-0.15, -0.1) is 0 Å². The van der Waals surface area contributed by atoms with Crippen LogP contribution in [0.25, 0.3) is 0 Å². The Hall–Kier alpha value is -0.0900. The molecule has 0 aliphatic carbocycles. The Morgan fingerprint density at radius 3 is 2.93 bits per heavy atom. The number of carbonyl (C=O) groups is 1. The van der Waals surface area contributed by atoms with E-state index in [2.05, 4.69) is 15.9 Å². The molecule has 2 saturated heterocycles. The van der Waals surface area contributed by atoms with Crippen LogP contribution >= 0.6 is 15.9 Å². The summed E-state index contributed by atoms with van der Waals surface area (Å²) < 4.78 is 5.41. The molecule has 4 heteroatoms. The molecular formula is C10H16BrNO2. The first-order chi connectivity index (χ1) is 6.83. The fourth-order valence-corrected chi connectivity index (χ4v) is 2.92. The molecule has 0 saturated carbocycles. The van der Waals surface area contributed by atoms with Crippen LogP contribution in [-0.2, 0) is 9.53 Å². The smallest absolute Gasteiger partial charge is 0.251 e. The average Bonchev–Trinajstić information content (AvgIpc) is 2.87. The zero-order chi connectivity index (χ0) is 9.97. The molecule has 2 fully saturated rings. The van der Waals surface area contributed by atoms with E-state index in [0.717, 1.165) is 44.2 Å². The Labute approximate surface area is 92.9 Å². The van der Waals surface area contributed by atoms with Crippen LogP contribution in [0.2, 0.25) is 0 Å². The standard InChI is InChI=1S/C10H16BrNO2/c11-7-8-3-1-5-12(8)10(13)9-4-2-6-14-9/h8-9H,1-7H2/t8-,9?/m0/s1. The van der Waals surface area contributed by atoms with Gasteiger partial charge in [0.25, 0.3) is 5.91 Å². The molecule has 0 spiro atoms. The molecule has 2 atom stereocenters. The molecule has 1 amide bonds. The second-order valence-corrected chi connectivity index (χ2v) is 4.63. The third-order valence-electron chi connectivity index (χ3n) is 3.04. The lowest BCUT2D eigenvalue weighted by Crippen LogP contribution is -2.42. The maximum absolute atomic E-state index is 12.0. The summed E-state index contributed by atoms with van der Waals surface area (Å²) in [6.07, 6.45) is 4.06. The molecule has 0 aromatic rings. The van der Waals surface area contributed by atoms with Crippen molar-refractivity contribution >= 4 is 21.8 Å². The first-order valence-electron chi connectivity index (χ1n) is 5.31. The number of amides is 1. The molecule has 3 nitrogen and oxygen atoms in total. The molecule has 2 aliphatic heterocycles. The van der Waals surface area contributed by atoms with E-state index >= 15 is 0 Å². The third-order valence-corrected chi connectivity index (χ3v) is 3.79. The highest BCUT2D eigenvalue weighted by molar-refractivity contribution is 9.09. The van der Waals surface area contributed by atoms with Gasteiger partial charge in [-0.25, -0.2) is 0 Å². The van der Waals surface area contributed by atoms with Gasteiger partial charge in [0.15, 0.2) is 0 Å². The molecule has 0 N–H and O–H groups in total. The Morgan fingerprint density at radius 2 is 2.29 bits per heavy atom. The molecule has 0 bridgehead atoms. The first-order valence-corrected chi connectivity index (χ1v) is 6.43. The van der Waals surface area contributed by atoms with Gasteiger partial charge in [0.1, 0.15) is 6.10 Å². The number of rotatable bonds is 2. The van der Waals surface area contributed by atoms with Crippen LogP contribution in [0.4, 0.5) is 0 Å². The maximum Gasteiger partial charge on any atom is 0.251 e. The minimum Gasteiger partial charge on any atom is -0.368 e. The van der Waals surface area contributed by atoms with E-state index in [1.807, 2.05) is 4.90 Å². The summed E-state index contributed by atoms with van der Waals surface area (Å²) >= 11 is 3.46. The summed E-state index contributed by atoms with van der Waals surface area (Å²) in [5, 5.41) is 0.894. The highest BCUT2D eigenvalue weighted by Gasteiger charge is 2.34. The number of hydrogen-bond acceptors (Lipinski definition) is 2. The Bertz CT molecular complexity index is 216. The molecule has 1 unspecified atom stereocenters. The van der Waals surface area contributed by atoms with Crippen molar-refractivity contribution in [3.63, 3.8) is 0 Å². The van der Waals surface area contributed by atoms with Crippen molar-refractivity contribution in [3.8, 4) is 0 Å². The highest BCUT2D eigenvalue weighted by Crippen LogP contribution is 2.23. The van der Waals surface area contributed by atoms with Crippen LogP contribution in [-0.4, -0.2) is 41.4 Å². The summed E-state index contributed by atoms with van der Waals surface area (Å²) in [7, 11) is 0. The molecule has 0 radical (unpaired) electrons. The van der Waals surface area contributed by atoms with Crippen molar-refractivity contribution in [1.82, 2.24) is 4.90 Å². The van der Waals surface area contributed by atoms with Crippen LogP contribution < -0.4 is 0 Å². The molecule has 14 heavy (non-hydrogen) atoms. The van der Waals surface area contributed by atoms with E-state index < -0.39 is 0 Å². The third kappa shape index (κ3) is 1.96. The number of carbonyl (C=O) groups excluding carboxylic acids is 1. The van der Waals surface area contributed by atoms with Gasteiger partial charge >= 0.3 is 0 Å². The molecule has 80 valence electrons. The summed E-state index contributed by atoms with van der Waals surface area (Å²) in [6, 6.07) is 0.395. The average molecular weight is 262 g/mol. The minimum absolute atomic E-state index is 0.144. The second kappa shape index (κ2) is 4.62. The number of ether oxygens (including phenoxy) is 1. The topological polar surface area (TPSA) is 29.5 Å². The minimum atomic E-state index is -0.144. The summed E-state index contributed by atoms with van der Waals surface area (Å²) in [4.78, 5) is 14.0. The van der Waals surface area contributed by atoms with Crippen LogP contribution in [0.15, 0.2) is 0 Å². The van der Waals surface area contributed by atoms with Crippen molar-refractivity contribution in [2.24, 2.45) is 0 Å². The number of halogens is 1. The van der Waals surface area contributed by atoms with Gasteiger partial charge in [0, 0.05) is 24.5 Å². The van der Waals surface area contributed by atoms with Gasteiger partial charge in [-0.05, 0) is 25.7 Å². The summed E-state index contributed by atoms with van der Waals surface area (Å²) in [5.74, 6) is 0.212. The van der Waals surface area contributed by atoms with Gasteiger partial charge in [-0.1, -0.05) is 15.9 Å². The van der Waals surface area contributed by atoms with Crippen LogP contribution in [0.3, 0.4) is 0 Å². The van der Waals surface area contributed by atoms with Crippen molar-refractivity contribution in [2.45, 2.75) is 37.8 Å². The quantitative estimate of drug-likeness (QED) is 0.707. The second-order valence-electron chi connectivity index (χ2n) is 3.98. The van der Waals surface area contributed by atoms with Crippen LogP contribution in [0.1, 0.15) is 25.7 Å². The van der Waals surface area contributed by atoms with Gasteiger partial charge in [-0.3, -0.25) is 4.79 Å². The van der Waals surface area contributed by atoms with Gasteiger partial charge < -0.3 is 9.64 Å². The maximum atomic E-state index is 12.0. The monoisotopic (exact) mass is 261 g/mol. The van der Waals surface area contributed by atoms with Gasteiger partial charge in [0.05, 0.1) is 0 Å². The lowest BCUT2D eigenvalue weighted by atomic mass is 10.2. The number of alkyl halides is 1. The summed E-state index contributed by atoms with van der Waals surface area (Å²) in [6.45, 7) is 1.66. The van der Waals surface area contributed by atoms with E-state index in [0.29, 0.717) is 6.04 Å². The molecular weight excluding hydrogens is 246 g/mol. The SMILES string of the molecule is O=C(C1CCCO1)N1CCC[C@H]1CBr. The van der Waals surface area contributed by atoms with Gasteiger partial charge in [0.2, 0.25) is 0 Å². The Balaban J connectivity index is 1.95. The normalized spacial score (nSPS) is 32.5. The number of nitrogens with zero attached hydrogens (tertiary/aromatic N) is 1. The number of hydrogen-bond donors (Lipinski definition) is 0. The van der Waals surface area contributed by atoms with Crippen molar-refractivity contribution in [2.75, 3.05) is 18.5 Å². The van der Waals surface area contributed by atoms with Crippen molar-refractivity contribution in [1.29, 1.82) is 0 Å². The summed E-state index contributed by atoms with van der Waals surface area (Å²) in [5.41, 5.74) is 0. The van der Waals surface area contributed by atoms with Crippen molar-refractivity contribution in [3.05, 3.63) is 0 Å². The Kier molecular flexibility index (Phi) is 3.44. The van der Waals surface area contributed by atoms with Crippen LogP contribution in [0.5, 0.6) is 0 Å². The van der Waals surface area contributed by atoms with E-state index in [1.54, 1.807) is 0 Å². The van der Waals surface area contributed by atoms with E-state index in [9.17, 15) is 4.79 Å². The van der Waals surface area contributed by atoms with E-state index in [-0.39, 0.29) is 12.0 Å². The molecule has 2 rings (SSSR count). The Morgan fingerprint density at radius 1 is 1.43 bits per heavy atom. The zero-order valence-electron chi connectivity index (χ0n) is 8.25. The van der Waals surface area contributed by atoms with Gasteiger partial charge in [-0.2, -0.15) is 0 Å². The zero-order valence-corrected chi connectivity index (χ0v) is 9.83. The fourth-order valence-electron chi connectivity index (χ4n) is 2.24. The van der Waals surface area contributed by atoms with E-state index in [4.69, 9.17) is 4.74 Å². The fraction of sp³-hybridized carbons (Fsp3) is 0.900. The van der Waals surface area contributed by atoms with Crippen LogP contribution in [0, 0.1) is 0 Å². The number of likely N-dealkylation sites (tertiary alicyclic amines) is 1. The predicted molar refractivity (Wildman–Crippen MR) is 57.5 cm³/mol. The lowest BCUT2D eigenvalue weighted by Gasteiger charge is -2.25.